The highest BCUT2D eigenvalue weighted by atomic mass is 32.1. The molecule has 0 bridgehead atoms. The van der Waals surface area contributed by atoms with Gasteiger partial charge in [-0.05, 0) is 40.9 Å². The van der Waals surface area contributed by atoms with E-state index in [1.165, 1.54) is 16.0 Å². The van der Waals surface area contributed by atoms with Crippen molar-refractivity contribution in [3.8, 4) is 27.8 Å². The minimum atomic E-state index is -4.69. The van der Waals surface area contributed by atoms with Gasteiger partial charge in [-0.3, -0.25) is 0 Å². The number of hydrogen-bond donors (Lipinski definition) is 0. The van der Waals surface area contributed by atoms with Crippen molar-refractivity contribution in [1.82, 2.24) is 30.2 Å². The molecule has 0 spiro atoms. The summed E-state index contributed by atoms with van der Waals surface area (Å²) >= 11 is 1.26. The van der Waals surface area contributed by atoms with E-state index in [9.17, 15) is 13.2 Å². The van der Waals surface area contributed by atoms with Gasteiger partial charge in [0.1, 0.15) is 0 Å². The summed E-state index contributed by atoms with van der Waals surface area (Å²) in [6.45, 7) is 1.91. The highest BCUT2D eigenvalue weighted by molar-refractivity contribution is 7.13. The molecule has 136 valence electrons. The molecule has 0 amide bonds. The molecule has 10 heteroatoms. The molecule has 0 radical (unpaired) electrons. The van der Waals surface area contributed by atoms with Gasteiger partial charge in [0.05, 0.1) is 16.1 Å². The van der Waals surface area contributed by atoms with Crippen LogP contribution in [-0.4, -0.2) is 30.2 Å². The molecule has 0 N–H and O–H groups in total. The summed E-state index contributed by atoms with van der Waals surface area (Å²) in [5, 5.41) is 12.9. The largest absolute Gasteiger partial charge is 0.434 e. The first-order valence-corrected chi connectivity index (χ1v) is 8.65. The fourth-order valence-corrected chi connectivity index (χ4v) is 3.17. The molecule has 0 fully saturated rings. The SMILES string of the molecule is Cc1ccc(-n2nnnc2-c2cnc(-c3cccs3)nc2C(F)(F)F)cc1. The van der Waals surface area contributed by atoms with E-state index in [0.717, 1.165) is 11.8 Å². The third-order valence-corrected chi connectivity index (χ3v) is 4.65. The Bertz CT molecular complexity index is 1070. The molecule has 0 aliphatic heterocycles. The van der Waals surface area contributed by atoms with Gasteiger partial charge < -0.3 is 0 Å². The summed E-state index contributed by atoms with van der Waals surface area (Å²) in [6.07, 6.45) is -3.57. The van der Waals surface area contributed by atoms with Gasteiger partial charge in [0.25, 0.3) is 0 Å². The molecule has 3 heterocycles. The van der Waals surface area contributed by atoms with E-state index < -0.39 is 11.9 Å². The molecule has 0 aliphatic carbocycles. The second kappa shape index (κ2) is 6.54. The van der Waals surface area contributed by atoms with E-state index in [0.29, 0.717) is 10.6 Å². The Morgan fingerprint density at radius 2 is 1.85 bits per heavy atom. The number of alkyl halides is 3. The van der Waals surface area contributed by atoms with E-state index >= 15 is 0 Å². The maximum atomic E-state index is 13.7. The van der Waals surface area contributed by atoms with Crippen molar-refractivity contribution < 1.29 is 13.2 Å². The van der Waals surface area contributed by atoms with Gasteiger partial charge in [0.2, 0.25) is 0 Å². The van der Waals surface area contributed by atoms with Crippen molar-refractivity contribution in [2.45, 2.75) is 13.1 Å². The molecular formula is C17H11F3N6S. The van der Waals surface area contributed by atoms with Gasteiger partial charge in [-0.15, -0.1) is 16.4 Å². The first-order chi connectivity index (χ1) is 12.9. The molecule has 0 unspecified atom stereocenters. The van der Waals surface area contributed by atoms with E-state index in [2.05, 4.69) is 25.5 Å². The second-order valence-corrected chi connectivity index (χ2v) is 6.63. The summed E-state index contributed by atoms with van der Waals surface area (Å²) in [6, 6.07) is 10.5. The molecular weight excluding hydrogens is 377 g/mol. The number of aromatic nitrogens is 6. The highest BCUT2D eigenvalue weighted by Crippen LogP contribution is 2.36. The van der Waals surface area contributed by atoms with Gasteiger partial charge >= 0.3 is 6.18 Å². The summed E-state index contributed by atoms with van der Waals surface area (Å²) < 4.78 is 42.3. The van der Waals surface area contributed by atoms with Crippen LogP contribution >= 0.6 is 11.3 Å². The lowest BCUT2D eigenvalue weighted by Gasteiger charge is -2.12. The number of nitrogens with zero attached hydrogens (tertiary/aromatic N) is 6. The first kappa shape index (κ1) is 17.3. The number of halogens is 3. The van der Waals surface area contributed by atoms with Crippen LogP contribution in [0.2, 0.25) is 0 Å². The Kier molecular flexibility index (Phi) is 4.19. The maximum absolute atomic E-state index is 13.7. The van der Waals surface area contributed by atoms with Crippen LogP contribution in [0.5, 0.6) is 0 Å². The summed E-state index contributed by atoms with van der Waals surface area (Å²) in [7, 11) is 0. The molecule has 1 aromatic carbocycles. The number of hydrogen-bond acceptors (Lipinski definition) is 6. The molecule has 0 atom stereocenters. The van der Waals surface area contributed by atoms with Crippen molar-refractivity contribution in [3.05, 3.63) is 59.2 Å². The molecule has 4 aromatic rings. The van der Waals surface area contributed by atoms with E-state index in [-0.39, 0.29) is 17.2 Å². The number of benzene rings is 1. The maximum Gasteiger partial charge on any atom is 0.434 e. The average Bonchev–Trinajstić information content (AvgIpc) is 3.33. The number of rotatable bonds is 3. The molecule has 4 rings (SSSR count). The van der Waals surface area contributed by atoms with Gasteiger partial charge in [-0.1, -0.05) is 23.8 Å². The lowest BCUT2D eigenvalue weighted by molar-refractivity contribution is -0.140. The molecule has 6 nitrogen and oxygen atoms in total. The van der Waals surface area contributed by atoms with Gasteiger partial charge in [0.15, 0.2) is 17.3 Å². The van der Waals surface area contributed by atoms with Crippen LogP contribution in [0.25, 0.3) is 27.8 Å². The first-order valence-electron chi connectivity index (χ1n) is 7.77. The van der Waals surface area contributed by atoms with Crippen LogP contribution in [0.15, 0.2) is 48.0 Å². The fraction of sp³-hybridized carbons (Fsp3) is 0.118. The zero-order chi connectivity index (χ0) is 19.0. The average molecular weight is 388 g/mol. The van der Waals surface area contributed by atoms with Gasteiger partial charge in [0, 0.05) is 6.20 Å². The lowest BCUT2D eigenvalue weighted by atomic mass is 10.2. The standard InChI is InChI=1S/C17H11F3N6S/c1-10-4-6-11(7-5-10)26-16(23-24-25-26)12-9-21-15(13-3-2-8-27-13)22-14(12)17(18,19)20/h2-9H,1H3. The Morgan fingerprint density at radius 1 is 1.07 bits per heavy atom. The van der Waals surface area contributed by atoms with E-state index in [1.54, 1.807) is 29.6 Å². The van der Waals surface area contributed by atoms with Crippen LogP contribution in [0.4, 0.5) is 13.2 Å². The second-order valence-electron chi connectivity index (χ2n) is 5.68. The highest BCUT2D eigenvalue weighted by Gasteiger charge is 2.38. The van der Waals surface area contributed by atoms with Crippen LogP contribution in [0, 0.1) is 6.92 Å². The predicted molar refractivity (Wildman–Crippen MR) is 93.2 cm³/mol. The van der Waals surface area contributed by atoms with Crippen molar-refractivity contribution in [1.29, 1.82) is 0 Å². The number of tetrazole rings is 1. The molecule has 0 aliphatic rings. The third kappa shape index (κ3) is 3.31. The van der Waals surface area contributed by atoms with Crippen LogP contribution in [0.1, 0.15) is 11.3 Å². The fourth-order valence-electron chi connectivity index (χ4n) is 2.50. The Hall–Kier alpha value is -3.14. The van der Waals surface area contributed by atoms with Gasteiger partial charge in [-0.25, -0.2) is 9.97 Å². The van der Waals surface area contributed by atoms with Crippen molar-refractivity contribution in [3.63, 3.8) is 0 Å². The molecule has 0 saturated carbocycles. The van der Waals surface area contributed by atoms with Crippen molar-refractivity contribution in [2.75, 3.05) is 0 Å². The van der Waals surface area contributed by atoms with E-state index in [1.807, 2.05) is 19.1 Å². The number of aryl methyl sites for hydroxylation is 1. The van der Waals surface area contributed by atoms with E-state index in [4.69, 9.17) is 0 Å². The topological polar surface area (TPSA) is 69.4 Å². The summed E-state index contributed by atoms with van der Waals surface area (Å²) in [5.74, 6) is -0.0701. The zero-order valence-electron chi connectivity index (χ0n) is 13.8. The van der Waals surface area contributed by atoms with Crippen LogP contribution < -0.4 is 0 Å². The van der Waals surface area contributed by atoms with Crippen molar-refractivity contribution >= 4 is 11.3 Å². The number of thiophene rings is 1. The molecule has 3 aromatic heterocycles. The Balaban J connectivity index is 1.88. The smallest absolute Gasteiger partial charge is 0.235 e. The molecule has 0 saturated heterocycles. The predicted octanol–water partition coefficient (Wildman–Crippen LogP) is 4.18. The minimum absolute atomic E-state index is 0.00966. The molecule has 27 heavy (non-hydrogen) atoms. The van der Waals surface area contributed by atoms with Gasteiger partial charge in [-0.2, -0.15) is 17.9 Å². The normalized spacial score (nSPS) is 11.7. The summed E-state index contributed by atoms with van der Waals surface area (Å²) in [5.41, 5.74) is 0.182. The van der Waals surface area contributed by atoms with Crippen LogP contribution in [-0.2, 0) is 6.18 Å². The third-order valence-electron chi connectivity index (χ3n) is 3.79. The minimum Gasteiger partial charge on any atom is -0.235 e. The zero-order valence-corrected chi connectivity index (χ0v) is 14.7. The lowest BCUT2D eigenvalue weighted by Crippen LogP contribution is -2.13. The Labute approximate surface area is 155 Å². The van der Waals surface area contributed by atoms with Crippen molar-refractivity contribution in [2.24, 2.45) is 0 Å². The van der Waals surface area contributed by atoms with Crippen LogP contribution in [0.3, 0.4) is 0 Å². The summed E-state index contributed by atoms with van der Waals surface area (Å²) in [4.78, 5) is 8.39. The quantitative estimate of drug-likeness (QED) is 0.527. The monoisotopic (exact) mass is 388 g/mol. The Morgan fingerprint density at radius 3 is 2.52 bits per heavy atom.